The molecule has 1 atom stereocenters. The largest absolute Gasteiger partial charge is 0.348 e. The van der Waals surface area contributed by atoms with Crippen LogP contribution in [0.5, 0.6) is 0 Å². The van der Waals surface area contributed by atoms with Crippen molar-refractivity contribution >= 4 is 10.9 Å². The summed E-state index contributed by atoms with van der Waals surface area (Å²) in [5.74, 6) is 0. The summed E-state index contributed by atoms with van der Waals surface area (Å²) in [6.07, 6.45) is 2.61. The average Bonchev–Trinajstić information content (AvgIpc) is 2.95. The van der Waals surface area contributed by atoms with E-state index in [0.29, 0.717) is 0 Å². The van der Waals surface area contributed by atoms with Gasteiger partial charge in [-0.2, -0.15) is 0 Å². The lowest BCUT2D eigenvalue weighted by Gasteiger charge is -2.22. The number of benzene rings is 1. The van der Waals surface area contributed by atoms with E-state index in [-0.39, 0.29) is 11.6 Å². The van der Waals surface area contributed by atoms with E-state index in [2.05, 4.69) is 26.3 Å². The lowest BCUT2D eigenvalue weighted by Crippen LogP contribution is -2.34. The van der Waals surface area contributed by atoms with Crippen LogP contribution in [0.1, 0.15) is 28.6 Å². The molecule has 1 aliphatic heterocycles. The molecule has 0 aliphatic carbocycles. The second kappa shape index (κ2) is 4.56. The zero-order chi connectivity index (χ0) is 14.4. The van der Waals surface area contributed by atoms with Crippen LogP contribution in [0.3, 0.4) is 0 Å². The summed E-state index contributed by atoms with van der Waals surface area (Å²) in [6, 6.07) is 7.91. The molecule has 1 aromatic carbocycles. The first-order valence-electron chi connectivity index (χ1n) is 7.11. The second-order valence-electron chi connectivity index (χ2n) is 5.55. The van der Waals surface area contributed by atoms with Crippen molar-refractivity contribution in [1.29, 1.82) is 0 Å². The van der Waals surface area contributed by atoms with Gasteiger partial charge in [-0.05, 0) is 30.0 Å². The van der Waals surface area contributed by atoms with Crippen molar-refractivity contribution in [2.45, 2.75) is 19.4 Å². The predicted molar refractivity (Wildman–Crippen MR) is 81.4 cm³/mol. The Hall–Kier alpha value is -2.40. The summed E-state index contributed by atoms with van der Waals surface area (Å²) in [5.41, 5.74) is 4.72. The molecule has 0 bridgehead atoms. The molecule has 2 aromatic heterocycles. The fraction of sp³-hybridized carbons (Fsp3) is 0.250. The highest BCUT2D eigenvalue weighted by atomic mass is 16.1. The van der Waals surface area contributed by atoms with Crippen molar-refractivity contribution in [3.63, 3.8) is 0 Å². The third-order valence-electron chi connectivity index (χ3n) is 4.09. The second-order valence-corrected chi connectivity index (χ2v) is 5.55. The quantitative estimate of drug-likeness (QED) is 0.636. The summed E-state index contributed by atoms with van der Waals surface area (Å²) in [5, 5.41) is 4.43. The highest BCUT2D eigenvalue weighted by Gasteiger charge is 2.26. The van der Waals surface area contributed by atoms with E-state index < -0.39 is 0 Å². The molecule has 4 rings (SSSR count). The number of hydrogen-bond acceptors (Lipinski definition) is 3. The molecule has 0 saturated carbocycles. The van der Waals surface area contributed by atoms with Crippen molar-refractivity contribution < 1.29 is 0 Å². The van der Waals surface area contributed by atoms with Crippen LogP contribution in [0.25, 0.3) is 10.9 Å². The molecule has 0 saturated heterocycles. The van der Waals surface area contributed by atoms with Crippen LogP contribution in [-0.2, 0) is 6.42 Å². The number of nitrogens with one attached hydrogen (secondary N) is 3. The van der Waals surface area contributed by atoms with Gasteiger partial charge in [-0.15, -0.1) is 0 Å². The van der Waals surface area contributed by atoms with E-state index in [1.165, 1.54) is 0 Å². The smallest absolute Gasteiger partial charge is 0.253 e. The fourth-order valence-electron chi connectivity index (χ4n) is 3.02. The van der Waals surface area contributed by atoms with Crippen LogP contribution in [0, 0.1) is 6.92 Å². The maximum atomic E-state index is 12.4. The lowest BCUT2D eigenvalue weighted by atomic mass is 9.97. The van der Waals surface area contributed by atoms with Crippen molar-refractivity contribution in [2.75, 3.05) is 6.54 Å². The molecular formula is C16H16N4O. The minimum atomic E-state index is -0.144. The number of imidazole rings is 1. The Kier molecular flexibility index (Phi) is 2.68. The number of fused-ring (bicyclic) bond motifs is 2. The van der Waals surface area contributed by atoms with E-state index in [1.54, 1.807) is 6.33 Å². The molecule has 21 heavy (non-hydrogen) atoms. The number of aryl methyl sites for hydroxylation is 1. The van der Waals surface area contributed by atoms with Gasteiger partial charge in [0.15, 0.2) is 0 Å². The summed E-state index contributed by atoms with van der Waals surface area (Å²) >= 11 is 0. The third-order valence-corrected chi connectivity index (χ3v) is 4.09. The Labute approximate surface area is 121 Å². The van der Waals surface area contributed by atoms with Crippen molar-refractivity contribution in [1.82, 2.24) is 20.3 Å². The number of aromatic nitrogens is 3. The van der Waals surface area contributed by atoms with Crippen LogP contribution in [0.2, 0.25) is 0 Å². The minimum absolute atomic E-state index is 0.0542. The van der Waals surface area contributed by atoms with Crippen LogP contribution in [0.15, 0.2) is 35.4 Å². The van der Waals surface area contributed by atoms with E-state index in [4.69, 9.17) is 0 Å². The average molecular weight is 280 g/mol. The molecule has 3 heterocycles. The van der Waals surface area contributed by atoms with Crippen LogP contribution >= 0.6 is 0 Å². The topological polar surface area (TPSA) is 73.6 Å². The number of aromatic amines is 2. The van der Waals surface area contributed by atoms with Gasteiger partial charge in [0.1, 0.15) is 0 Å². The highest BCUT2D eigenvalue weighted by molar-refractivity contribution is 5.79. The molecule has 0 amide bonds. The Morgan fingerprint density at radius 1 is 1.29 bits per heavy atom. The Morgan fingerprint density at radius 3 is 3.10 bits per heavy atom. The first kappa shape index (κ1) is 12.3. The first-order valence-corrected chi connectivity index (χ1v) is 7.11. The number of pyridine rings is 1. The van der Waals surface area contributed by atoms with Gasteiger partial charge in [0.2, 0.25) is 0 Å². The van der Waals surface area contributed by atoms with Gasteiger partial charge in [-0.3, -0.25) is 4.79 Å². The van der Waals surface area contributed by atoms with Gasteiger partial charge in [-0.25, -0.2) is 4.98 Å². The standard InChI is InChI=1S/C16H16N4O/c1-9-2-3-10-7-11(16(21)20-13(10)6-9)14-15-12(4-5-17-14)18-8-19-15/h2-3,6-8,14,17H,4-5H2,1H3,(H,18,19)(H,20,21)/t14-/m0/s1. The molecule has 106 valence electrons. The SMILES string of the molecule is Cc1ccc2cc([C@@H]3NCCc4[nH]cnc43)c(=O)[nH]c2c1. The van der Waals surface area contributed by atoms with E-state index >= 15 is 0 Å². The van der Waals surface area contributed by atoms with Crippen LogP contribution < -0.4 is 10.9 Å². The molecule has 5 nitrogen and oxygen atoms in total. The van der Waals surface area contributed by atoms with Gasteiger partial charge in [-0.1, -0.05) is 12.1 Å². The molecule has 5 heteroatoms. The van der Waals surface area contributed by atoms with Crippen molar-refractivity contribution in [3.05, 3.63) is 63.5 Å². The number of H-pyrrole nitrogens is 2. The molecule has 0 fully saturated rings. The molecule has 0 spiro atoms. The monoisotopic (exact) mass is 280 g/mol. The van der Waals surface area contributed by atoms with Crippen molar-refractivity contribution in [3.8, 4) is 0 Å². The normalized spacial score (nSPS) is 17.9. The maximum Gasteiger partial charge on any atom is 0.253 e. The summed E-state index contributed by atoms with van der Waals surface area (Å²) in [7, 11) is 0. The number of rotatable bonds is 1. The lowest BCUT2D eigenvalue weighted by molar-refractivity contribution is 0.550. The molecule has 0 radical (unpaired) electrons. The number of hydrogen-bond donors (Lipinski definition) is 3. The van der Waals surface area contributed by atoms with Gasteiger partial charge < -0.3 is 15.3 Å². The van der Waals surface area contributed by atoms with Gasteiger partial charge in [0, 0.05) is 29.7 Å². The first-order chi connectivity index (χ1) is 10.2. The zero-order valence-corrected chi connectivity index (χ0v) is 11.7. The van der Waals surface area contributed by atoms with Gasteiger partial charge >= 0.3 is 0 Å². The Balaban J connectivity index is 1.90. The van der Waals surface area contributed by atoms with Crippen molar-refractivity contribution in [2.24, 2.45) is 0 Å². The summed E-state index contributed by atoms with van der Waals surface area (Å²) < 4.78 is 0. The Morgan fingerprint density at radius 2 is 2.19 bits per heavy atom. The van der Waals surface area contributed by atoms with Gasteiger partial charge in [0.25, 0.3) is 5.56 Å². The highest BCUT2D eigenvalue weighted by Crippen LogP contribution is 2.25. The number of nitrogens with zero attached hydrogens (tertiary/aromatic N) is 1. The Bertz CT molecular complexity index is 877. The van der Waals surface area contributed by atoms with E-state index in [1.807, 2.05) is 25.1 Å². The molecule has 1 aliphatic rings. The fourth-order valence-corrected chi connectivity index (χ4v) is 3.02. The molecule has 0 unspecified atom stereocenters. The van der Waals surface area contributed by atoms with E-state index in [0.717, 1.165) is 46.4 Å². The van der Waals surface area contributed by atoms with Gasteiger partial charge in [0.05, 0.1) is 18.1 Å². The zero-order valence-electron chi connectivity index (χ0n) is 11.7. The molecule has 3 aromatic rings. The maximum absolute atomic E-state index is 12.4. The van der Waals surface area contributed by atoms with Crippen LogP contribution in [-0.4, -0.2) is 21.5 Å². The van der Waals surface area contributed by atoms with E-state index in [9.17, 15) is 4.79 Å². The summed E-state index contributed by atoms with van der Waals surface area (Å²) in [4.78, 5) is 23.0. The third kappa shape index (κ3) is 1.97. The molecule has 3 N–H and O–H groups in total. The predicted octanol–water partition coefficient (Wildman–Crippen LogP) is 1.79. The minimum Gasteiger partial charge on any atom is -0.348 e. The van der Waals surface area contributed by atoms with Crippen LogP contribution in [0.4, 0.5) is 0 Å². The summed E-state index contributed by atoms with van der Waals surface area (Å²) in [6.45, 7) is 2.86. The molecular weight excluding hydrogens is 264 g/mol.